The van der Waals surface area contributed by atoms with Gasteiger partial charge in [0.05, 0.1) is 6.42 Å². The molecular weight excluding hydrogens is 326 g/mol. The van der Waals surface area contributed by atoms with Crippen LogP contribution in [0, 0.1) is 0 Å². The summed E-state index contributed by atoms with van der Waals surface area (Å²) in [6.07, 6.45) is -0.551. The van der Waals surface area contributed by atoms with Crippen molar-refractivity contribution >= 4 is 27.9 Å². The predicted octanol–water partition coefficient (Wildman–Crippen LogP) is 2.42. The number of rotatable bonds is 4. The van der Waals surface area contributed by atoms with Gasteiger partial charge in [-0.25, -0.2) is 4.79 Å². The summed E-state index contributed by atoms with van der Waals surface area (Å²) >= 11 is 3.29. The van der Waals surface area contributed by atoms with Crippen LogP contribution in [0.1, 0.15) is 32.8 Å². The van der Waals surface area contributed by atoms with E-state index in [-0.39, 0.29) is 0 Å². The molecule has 0 unspecified atom stereocenters. The molecule has 0 saturated heterocycles. The highest BCUT2D eigenvalue weighted by atomic mass is 79.9. The number of nitrogens with two attached hydrogens (primary N) is 1. The lowest BCUT2D eigenvalue weighted by Crippen LogP contribution is -2.50. The molecule has 0 aliphatic rings. The summed E-state index contributed by atoms with van der Waals surface area (Å²) in [5.74, 6) is -1.94. The van der Waals surface area contributed by atoms with Crippen molar-refractivity contribution in [3.63, 3.8) is 0 Å². The van der Waals surface area contributed by atoms with Gasteiger partial charge in [0.25, 0.3) is 0 Å². The Balaban J connectivity index is 3.26. The zero-order valence-electron chi connectivity index (χ0n) is 11.6. The molecule has 0 bridgehead atoms. The summed E-state index contributed by atoms with van der Waals surface area (Å²) in [6.45, 7) is 5.10. The van der Waals surface area contributed by atoms with E-state index in [0.717, 1.165) is 0 Å². The molecule has 3 N–H and O–H groups in total. The van der Waals surface area contributed by atoms with Gasteiger partial charge in [-0.05, 0) is 32.4 Å². The van der Waals surface area contributed by atoms with Crippen molar-refractivity contribution in [3.05, 3.63) is 34.3 Å². The normalized spacial score (nSPS) is 14.4. The molecule has 0 heterocycles. The third-order valence-corrected chi connectivity index (χ3v) is 3.24. The topological polar surface area (TPSA) is 89.6 Å². The monoisotopic (exact) mass is 343 g/mol. The average Bonchev–Trinajstić information content (AvgIpc) is 2.25. The molecule has 0 spiro atoms. The number of benzene rings is 1. The van der Waals surface area contributed by atoms with Gasteiger partial charge < -0.3 is 15.6 Å². The molecule has 1 atom stereocenters. The van der Waals surface area contributed by atoms with Crippen LogP contribution < -0.4 is 5.73 Å². The molecule has 0 aliphatic heterocycles. The van der Waals surface area contributed by atoms with Crippen molar-refractivity contribution in [2.24, 2.45) is 5.73 Å². The third-order valence-electron chi connectivity index (χ3n) is 2.55. The minimum Gasteiger partial charge on any atom is -0.481 e. The van der Waals surface area contributed by atoms with E-state index in [9.17, 15) is 9.59 Å². The van der Waals surface area contributed by atoms with Crippen LogP contribution in [-0.2, 0) is 19.9 Å². The number of hydrogen-bond acceptors (Lipinski definition) is 4. The van der Waals surface area contributed by atoms with E-state index in [0.29, 0.717) is 10.0 Å². The molecule has 0 aliphatic carbocycles. The summed E-state index contributed by atoms with van der Waals surface area (Å²) in [5.41, 5.74) is 3.99. The first-order valence-electron chi connectivity index (χ1n) is 6.05. The Labute approximate surface area is 126 Å². The van der Waals surface area contributed by atoms with Gasteiger partial charge in [-0.2, -0.15) is 0 Å². The van der Waals surface area contributed by atoms with Gasteiger partial charge in [-0.3, -0.25) is 4.79 Å². The molecule has 0 aromatic heterocycles. The van der Waals surface area contributed by atoms with Gasteiger partial charge in [0.2, 0.25) is 0 Å². The van der Waals surface area contributed by atoms with E-state index in [1.807, 2.05) is 0 Å². The largest absolute Gasteiger partial charge is 0.481 e. The maximum Gasteiger partial charge on any atom is 0.331 e. The number of carbonyl (C=O) groups is 2. The summed E-state index contributed by atoms with van der Waals surface area (Å²) in [7, 11) is 0. The second-order valence-electron chi connectivity index (χ2n) is 5.52. The van der Waals surface area contributed by atoms with Crippen molar-refractivity contribution in [1.29, 1.82) is 0 Å². The van der Waals surface area contributed by atoms with Crippen LogP contribution in [0.5, 0.6) is 0 Å². The fraction of sp³-hybridized carbons (Fsp3) is 0.429. The van der Waals surface area contributed by atoms with Gasteiger partial charge in [0.15, 0.2) is 5.54 Å². The van der Waals surface area contributed by atoms with Gasteiger partial charge in [0, 0.05) is 4.47 Å². The van der Waals surface area contributed by atoms with Crippen molar-refractivity contribution in [3.8, 4) is 0 Å². The van der Waals surface area contributed by atoms with E-state index in [1.54, 1.807) is 45.0 Å². The van der Waals surface area contributed by atoms with Crippen LogP contribution in [0.4, 0.5) is 0 Å². The molecule has 0 fully saturated rings. The number of carbonyl (C=O) groups excluding carboxylic acids is 1. The molecule has 5 nitrogen and oxygen atoms in total. The Morgan fingerprint density at radius 3 is 2.30 bits per heavy atom. The minimum absolute atomic E-state index is 0.386. The molecular formula is C14H18BrNO4. The van der Waals surface area contributed by atoms with Crippen molar-refractivity contribution in [2.75, 3.05) is 0 Å². The van der Waals surface area contributed by atoms with Crippen LogP contribution in [0.15, 0.2) is 28.7 Å². The maximum absolute atomic E-state index is 12.3. The first kappa shape index (κ1) is 16.7. The first-order valence-corrected chi connectivity index (χ1v) is 6.85. The van der Waals surface area contributed by atoms with Gasteiger partial charge >= 0.3 is 11.9 Å². The number of hydrogen-bond donors (Lipinski definition) is 2. The highest BCUT2D eigenvalue weighted by Crippen LogP contribution is 2.31. The highest BCUT2D eigenvalue weighted by Gasteiger charge is 2.42. The van der Waals surface area contributed by atoms with Crippen molar-refractivity contribution in [2.45, 2.75) is 38.3 Å². The lowest BCUT2D eigenvalue weighted by atomic mass is 9.87. The van der Waals surface area contributed by atoms with Crippen LogP contribution in [-0.4, -0.2) is 22.6 Å². The number of ether oxygens (including phenoxy) is 1. The Kier molecular flexibility index (Phi) is 4.94. The van der Waals surface area contributed by atoms with Gasteiger partial charge in [0.1, 0.15) is 5.60 Å². The smallest absolute Gasteiger partial charge is 0.331 e. The van der Waals surface area contributed by atoms with E-state index >= 15 is 0 Å². The standard InChI is InChI=1S/C14H18BrNO4/c1-13(2,3)20-12(19)14(16,8-11(17)18)9-6-4-5-7-10(9)15/h4-7H,8,16H2,1-3H3,(H,17,18)/t14-/m1/s1. The number of halogens is 1. The predicted molar refractivity (Wildman–Crippen MR) is 78.1 cm³/mol. The van der Waals surface area contributed by atoms with Gasteiger partial charge in [-0.15, -0.1) is 0 Å². The molecule has 1 aromatic rings. The van der Waals surface area contributed by atoms with E-state index in [2.05, 4.69) is 15.9 Å². The zero-order valence-corrected chi connectivity index (χ0v) is 13.2. The Hall–Kier alpha value is -1.40. The Bertz CT molecular complexity index is 524. The third kappa shape index (κ3) is 4.05. The molecule has 0 amide bonds. The summed E-state index contributed by atoms with van der Waals surface area (Å²) in [4.78, 5) is 23.4. The van der Waals surface area contributed by atoms with Crippen LogP contribution in [0.25, 0.3) is 0 Å². The SMILES string of the molecule is CC(C)(C)OC(=O)[C@@](N)(CC(=O)O)c1ccccc1Br. The van der Waals surface area contributed by atoms with E-state index in [4.69, 9.17) is 15.6 Å². The van der Waals surface area contributed by atoms with Crippen LogP contribution in [0.2, 0.25) is 0 Å². The fourth-order valence-electron chi connectivity index (χ4n) is 1.71. The first-order chi connectivity index (χ1) is 9.06. The minimum atomic E-state index is -1.74. The Morgan fingerprint density at radius 1 is 1.30 bits per heavy atom. The number of carboxylic acids is 1. The molecule has 110 valence electrons. The van der Waals surface area contributed by atoms with E-state index < -0.39 is 29.5 Å². The van der Waals surface area contributed by atoms with Crippen molar-refractivity contribution in [1.82, 2.24) is 0 Å². The van der Waals surface area contributed by atoms with Crippen LogP contribution in [0.3, 0.4) is 0 Å². The second-order valence-corrected chi connectivity index (χ2v) is 6.38. The van der Waals surface area contributed by atoms with Gasteiger partial charge in [-0.1, -0.05) is 34.1 Å². The molecule has 0 radical (unpaired) electrons. The summed E-state index contributed by atoms with van der Waals surface area (Å²) in [6, 6.07) is 6.75. The quantitative estimate of drug-likeness (QED) is 0.819. The number of aliphatic carboxylic acids is 1. The maximum atomic E-state index is 12.3. The second kappa shape index (κ2) is 5.93. The number of esters is 1. The number of carboxylic acid groups (broad SMARTS) is 1. The van der Waals surface area contributed by atoms with Crippen molar-refractivity contribution < 1.29 is 19.4 Å². The lowest BCUT2D eigenvalue weighted by Gasteiger charge is -2.31. The molecule has 1 rings (SSSR count). The Morgan fingerprint density at radius 2 is 1.85 bits per heavy atom. The van der Waals surface area contributed by atoms with E-state index in [1.165, 1.54) is 0 Å². The summed E-state index contributed by atoms with van der Waals surface area (Å²) < 4.78 is 5.83. The zero-order chi connectivity index (χ0) is 15.6. The average molecular weight is 344 g/mol. The fourth-order valence-corrected chi connectivity index (χ4v) is 2.35. The summed E-state index contributed by atoms with van der Waals surface area (Å²) in [5, 5.41) is 9.05. The molecule has 1 aromatic carbocycles. The lowest BCUT2D eigenvalue weighted by molar-refractivity contribution is -0.165. The molecule has 0 saturated carbocycles. The molecule has 6 heteroatoms. The molecule has 20 heavy (non-hydrogen) atoms. The highest BCUT2D eigenvalue weighted by molar-refractivity contribution is 9.10. The van der Waals surface area contributed by atoms with Crippen LogP contribution >= 0.6 is 15.9 Å².